The Labute approximate surface area is 145 Å². The zero-order chi connectivity index (χ0) is 18.9. The first-order valence-corrected chi connectivity index (χ1v) is 7.77. The van der Waals surface area contributed by atoms with Gasteiger partial charge in [-0.25, -0.2) is 14.6 Å². The molecule has 0 radical (unpaired) electrons. The number of hydrogen-bond donors (Lipinski definition) is 2. The van der Waals surface area contributed by atoms with Gasteiger partial charge in [-0.15, -0.1) is 0 Å². The van der Waals surface area contributed by atoms with Crippen molar-refractivity contribution < 1.29 is 27.5 Å². The van der Waals surface area contributed by atoms with Gasteiger partial charge in [-0.05, 0) is 19.1 Å². The lowest BCUT2D eigenvalue weighted by atomic mass is 10.1. The van der Waals surface area contributed by atoms with E-state index in [0.29, 0.717) is 0 Å². The van der Waals surface area contributed by atoms with Crippen LogP contribution in [-0.2, 0) is 22.3 Å². The van der Waals surface area contributed by atoms with E-state index in [4.69, 9.17) is 4.74 Å². The van der Waals surface area contributed by atoms with Gasteiger partial charge in [0.2, 0.25) is 5.82 Å². The third kappa shape index (κ3) is 3.35. The monoisotopic (exact) mass is 368 g/mol. The molecular weight excluding hydrogens is 353 g/mol. The van der Waals surface area contributed by atoms with Crippen LogP contribution < -0.4 is 10.6 Å². The van der Waals surface area contributed by atoms with E-state index in [1.165, 1.54) is 12.1 Å². The number of allylic oxidation sites excluding steroid dienone is 1. The molecule has 2 amide bonds. The molecule has 26 heavy (non-hydrogen) atoms. The van der Waals surface area contributed by atoms with Crippen LogP contribution >= 0.6 is 0 Å². The number of halogens is 3. The number of esters is 1. The number of nitrogens with one attached hydrogen (secondary N) is 2. The number of urea groups is 1. The second-order valence-electron chi connectivity index (χ2n) is 5.49. The topological polar surface area (TPSA) is 85.2 Å². The molecule has 0 atom stereocenters. The van der Waals surface area contributed by atoms with Gasteiger partial charge in [-0.3, -0.25) is 0 Å². The van der Waals surface area contributed by atoms with Crippen LogP contribution in [0.1, 0.15) is 12.7 Å². The Morgan fingerprint density at radius 2 is 2.08 bits per heavy atom. The number of para-hydroxylation sites is 2. The fraction of sp³-hybridized carbons (Fsp3) is 0.312. The van der Waals surface area contributed by atoms with Crippen LogP contribution in [0.25, 0.3) is 11.0 Å². The Bertz CT molecular complexity index is 902. The van der Waals surface area contributed by atoms with Gasteiger partial charge in [-0.2, -0.15) is 13.2 Å². The zero-order valence-electron chi connectivity index (χ0n) is 13.7. The largest absolute Gasteiger partial charge is 0.463 e. The molecule has 0 saturated heterocycles. The molecule has 1 aliphatic rings. The van der Waals surface area contributed by atoms with Gasteiger partial charge in [0.15, 0.2) is 0 Å². The molecule has 1 aromatic heterocycles. The summed E-state index contributed by atoms with van der Waals surface area (Å²) in [6.07, 6.45) is -4.69. The van der Waals surface area contributed by atoms with E-state index in [2.05, 4.69) is 15.6 Å². The second kappa shape index (κ2) is 6.70. The number of nitrogens with zero attached hydrogens (tertiary/aromatic N) is 2. The van der Waals surface area contributed by atoms with Crippen molar-refractivity contribution in [1.29, 1.82) is 0 Å². The number of hydrogen-bond acceptors (Lipinski definition) is 4. The molecule has 1 aromatic carbocycles. The van der Waals surface area contributed by atoms with Crippen molar-refractivity contribution in [3.8, 4) is 0 Å². The molecule has 0 unspecified atom stereocenters. The molecule has 10 heteroatoms. The molecule has 0 saturated carbocycles. The molecule has 0 aliphatic carbocycles. The van der Waals surface area contributed by atoms with E-state index in [9.17, 15) is 22.8 Å². The molecule has 7 nitrogen and oxygen atoms in total. The highest BCUT2D eigenvalue weighted by molar-refractivity contribution is 5.93. The minimum Gasteiger partial charge on any atom is -0.463 e. The highest BCUT2D eigenvalue weighted by atomic mass is 19.4. The summed E-state index contributed by atoms with van der Waals surface area (Å²) in [5.74, 6) is -1.81. The van der Waals surface area contributed by atoms with Crippen LogP contribution in [0.2, 0.25) is 0 Å². The summed E-state index contributed by atoms with van der Waals surface area (Å²) in [7, 11) is 0. The minimum absolute atomic E-state index is 0.0425. The van der Waals surface area contributed by atoms with E-state index in [0.717, 1.165) is 4.57 Å². The van der Waals surface area contributed by atoms with Crippen LogP contribution in [0.15, 0.2) is 35.5 Å². The maximum absolute atomic E-state index is 13.4. The van der Waals surface area contributed by atoms with Gasteiger partial charge in [0.25, 0.3) is 0 Å². The predicted molar refractivity (Wildman–Crippen MR) is 84.9 cm³/mol. The first-order valence-electron chi connectivity index (χ1n) is 7.77. The molecule has 138 valence electrons. The molecule has 0 spiro atoms. The highest BCUT2D eigenvalue weighted by Crippen LogP contribution is 2.32. The van der Waals surface area contributed by atoms with Crippen LogP contribution in [0.5, 0.6) is 0 Å². The Morgan fingerprint density at radius 3 is 2.77 bits per heavy atom. The van der Waals surface area contributed by atoms with Gasteiger partial charge in [0.1, 0.15) is 0 Å². The number of alkyl halides is 3. The number of imidazole rings is 1. The van der Waals surface area contributed by atoms with Crippen molar-refractivity contribution >= 4 is 23.0 Å². The lowest BCUT2D eigenvalue weighted by molar-refractivity contribution is -0.146. The number of fused-ring (bicyclic) bond motifs is 1. The number of rotatable bonds is 4. The lowest BCUT2D eigenvalue weighted by Crippen LogP contribution is -2.45. The van der Waals surface area contributed by atoms with Gasteiger partial charge in [0, 0.05) is 0 Å². The molecule has 2 aromatic rings. The van der Waals surface area contributed by atoms with Crippen LogP contribution in [0.3, 0.4) is 0 Å². The molecule has 0 bridgehead atoms. The van der Waals surface area contributed by atoms with Gasteiger partial charge >= 0.3 is 18.2 Å². The Morgan fingerprint density at radius 1 is 1.35 bits per heavy atom. The summed E-state index contributed by atoms with van der Waals surface area (Å²) in [6, 6.07) is 5.51. The van der Waals surface area contributed by atoms with Crippen molar-refractivity contribution in [2.75, 3.05) is 13.2 Å². The fourth-order valence-corrected chi connectivity index (χ4v) is 2.69. The molecule has 2 heterocycles. The summed E-state index contributed by atoms with van der Waals surface area (Å²) in [5.41, 5.74) is 0.514. The fourth-order valence-electron chi connectivity index (χ4n) is 2.69. The summed E-state index contributed by atoms with van der Waals surface area (Å²) >= 11 is 0. The average Bonchev–Trinajstić information content (AvgIpc) is 2.94. The van der Waals surface area contributed by atoms with Gasteiger partial charge < -0.3 is 19.9 Å². The van der Waals surface area contributed by atoms with E-state index < -0.39 is 24.0 Å². The van der Waals surface area contributed by atoms with Gasteiger partial charge in [0.05, 0.1) is 42.0 Å². The standard InChI is InChI=1S/C16H15F3N4O3/c1-2-26-13(24)9-7-20-15(25)22-11(9)8-23-12-6-4-3-5-10(12)21-14(23)16(17,18)19/h3-6H,2,7-8H2,1H3,(H2,20,22,25). The quantitative estimate of drug-likeness (QED) is 0.810. The maximum Gasteiger partial charge on any atom is 0.449 e. The third-order valence-electron chi connectivity index (χ3n) is 3.80. The summed E-state index contributed by atoms with van der Waals surface area (Å²) in [5, 5.41) is 4.81. The summed E-state index contributed by atoms with van der Waals surface area (Å²) < 4.78 is 46.1. The van der Waals surface area contributed by atoms with E-state index in [-0.39, 0.29) is 42.0 Å². The second-order valence-corrected chi connectivity index (χ2v) is 5.49. The first kappa shape index (κ1) is 17.8. The molecule has 2 N–H and O–H groups in total. The number of ether oxygens (including phenoxy) is 1. The summed E-state index contributed by atoms with van der Waals surface area (Å²) in [4.78, 5) is 27.3. The average molecular weight is 368 g/mol. The lowest BCUT2D eigenvalue weighted by Gasteiger charge is -2.22. The number of amides is 2. The van der Waals surface area contributed by atoms with Gasteiger partial charge in [-0.1, -0.05) is 12.1 Å². The van der Waals surface area contributed by atoms with Crippen molar-refractivity contribution in [3.63, 3.8) is 0 Å². The number of carbonyl (C=O) groups is 2. The molecule has 0 fully saturated rings. The van der Waals surface area contributed by atoms with Crippen molar-refractivity contribution in [3.05, 3.63) is 41.4 Å². The van der Waals surface area contributed by atoms with Crippen LogP contribution in [0.4, 0.5) is 18.0 Å². The first-order chi connectivity index (χ1) is 12.3. The Hall–Kier alpha value is -3.04. The van der Waals surface area contributed by atoms with Crippen molar-refractivity contribution in [1.82, 2.24) is 20.2 Å². The summed E-state index contributed by atoms with van der Waals surface area (Å²) in [6.45, 7) is 1.20. The Balaban J connectivity index is 2.11. The molecule has 1 aliphatic heterocycles. The zero-order valence-corrected chi connectivity index (χ0v) is 13.7. The number of aromatic nitrogens is 2. The van der Waals surface area contributed by atoms with Crippen molar-refractivity contribution in [2.45, 2.75) is 19.6 Å². The normalized spacial score (nSPS) is 15.0. The smallest absolute Gasteiger partial charge is 0.449 e. The van der Waals surface area contributed by atoms with Crippen LogP contribution in [-0.4, -0.2) is 34.7 Å². The predicted octanol–water partition coefficient (Wildman–Crippen LogP) is 2.19. The molecule has 3 rings (SSSR count). The molecular formula is C16H15F3N4O3. The van der Waals surface area contributed by atoms with E-state index >= 15 is 0 Å². The van der Waals surface area contributed by atoms with Crippen LogP contribution in [0, 0.1) is 0 Å². The number of benzene rings is 1. The Kier molecular flexibility index (Phi) is 4.58. The maximum atomic E-state index is 13.4. The number of carbonyl (C=O) groups excluding carboxylic acids is 2. The SMILES string of the molecule is CCOC(=O)C1=C(Cn2c(C(F)(F)F)nc3ccccc32)NC(=O)NC1. The third-order valence-corrected chi connectivity index (χ3v) is 3.80. The minimum atomic E-state index is -4.69. The highest BCUT2D eigenvalue weighted by Gasteiger charge is 2.38. The van der Waals surface area contributed by atoms with E-state index in [1.807, 2.05) is 0 Å². The van der Waals surface area contributed by atoms with Crippen molar-refractivity contribution in [2.24, 2.45) is 0 Å². The van der Waals surface area contributed by atoms with E-state index in [1.54, 1.807) is 19.1 Å².